The molecule has 6 nitrogen and oxygen atoms in total. The molecule has 0 aliphatic carbocycles. The molecule has 1 aliphatic rings. The number of fused-ring (bicyclic) bond motifs is 1. The predicted octanol–water partition coefficient (Wildman–Crippen LogP) is 1.65. The third-order valence-corrected chi connectivity index (χ3v) is 2.87. The van der Waals surface area contributed by atoms with E-state index in [1.54, 1.807) is 30.3 Å². The van der Waals surface area contributed by atoms with E-state index in [4.69, 9.17) is 9.15 Å². The first kappa shape index (κ1) is 12.3. The van der Waals surface area contributed by atoms with Gasteiger partial charge in [-0.3, -0.25) is 9.59 Å². The predicted molar refractivity (Wildman–Crippen MR) is 70.9 cm³/mol. The fourth-order valence-electron chi connectivity index (χ4n) is 1.93. The molecule has 0 spiro atoms. The highest BCUT2D eigenvalue weighted by Gasteiger charge is 2.17. The van der Waals surface area contributed by atoms with Crippen LogP contribution >= 0.6 is 0 Å². The van der Waals surface area contributed by atoms with Crippen LogP contribution in [0.4, 0.5) is 5.69 Å². The van der Waals surface area contributed by atoms with Crippen LogP contribution in [-0.2, 0) is 0 Å². The third-order valence-electron chi connectivity index (χ3n) is 2.87. The van der Waals surface area contributed by atoms with Crippen molar-refractivity contribution in [3.8, 4) is 5.75 Å². The second-order valence-corrected chi connectivity index (χ2v) is 4.25. The van der Waals surface area contributed by atoms with E-state index in [2.05, 4.69) is 10.6 Å². The molecule has 0 saturated carbocycles. The average Bonchev–Trinajstić information content (AvgIpc) is 2.92. The van der Waals surface area contributed by atoms with Crippen LogP contribution in [0.15, 0.2) is 41.0 Å². The SMILES string of the molecule is O=C(Nc1ccc2c(c1)C(=O)NCCO2)c1ccco1. The second-order valence-electron chi connectivity index (χ2n) is 4.25. The minimum Gasteiger partial charge on any atom is -0.491 e. The molecule has 102 valence electrons. The summed E-state index contributed by atoms with van der Waals surface area (Å²) in [7, 11) is 0. The van der Waals surface area contributed by atoms with Gasteiger partial charge in [0.1, 0.15) is 12.4 Å². The maximum Gasteiger partial charge on any atom is 0.291 e. The van der Waals surface area contributed by atoms with Gasteiger partial charge in [-0.2, -0.15) is 0 Å². The Bertz CT molecular complexity index is 649. The van der Waals surface area contributed by atoms with Crippen molar-refractivity contribution in [2.75, 3.05) is 18.5 Å². The standard InChI is InChI=1S/C14H12N2O4/c17-13-10-8-9(3-4-11(10)20-7-5-15-13)16-14(18)12-2-1-6-19-12/h1-4,6,8H,5,7H2,(H,15,17)(H,16,18). The Morgan fingerprint density at radius 2 is 2.20 bits per heavy atom. The molecular formula is C14H12N2O4. The lowest BCUT2D eigenvalue weighted by atomic mass is 10.1. The number of rotatable bonds is 2. The monoisotopic (exact) mass is 272 g/mol. The van der Waals surface area contributed by atoms with E-state index in [-0.39, 0.29) is 17.6 Å². The van der Waals surface area contributed by atoms with Gasteiger partial charge in [-0.05, 0) is 30.3 Å². The first-order valence-electron chi connectivity index (χ1n) is 6.14. The normalized spacial score (nSPS) is 13.7. The molecule has 0 atom stereocenters. The summed E-state index contributed by atoms with van der Waals surface area (Å²) in [4.78, 5) is 23.7. The number of carbonyl (C=O) groups is 2. The minimum absolute atomic E-state index is 0.209. The molecule has 2 heterocycles. The van der Waals surface area contributed by atoms with Crippen molar-refractivity contribution in [3.05, 3.63) is 47.9 Å². The largest absolute Gasteiger partial charge is 0.491 e. The Morgan fingerprint density at radius 3 is 3.00 bits per heavy atom. The maximum absolute atomic E-state index is 11.9. The smallest absolute Gasteiger partial charge is 0.291 e. The number of ether oxygens (including phenoxy) is 1. The van der Waals surface area contributed by atoms with Crippen molar-refractivity contribution in [3.63, 3.8) is 0 Å². The van der Waals surface area contributed by atoms with Gasteiger partial charge in [0.15, 0.2) is 5.76 Å². The number of amides is 2. The number of hydrogen-bond acceptors (Lipinski definition) is 4. The Morgan fingerprint density at radius 1 is 1.30 bits per heavy atom. The molecule has 2 aromatic rings. The minimum atomic E-state index is -0.370. The van der Waals surface area contributed by atoms with Gasteiger partial charge in [-0.25, -0.2) is 0 Å². The molecule has 0 bridgehead atoms. The Kier molecular flexibility index (Phi) is 3.12. The first-order valence-corrected chi connectivity index (χ1v) is 6.14. The molecule has 6 heteroatoms. The number of nitrogens with one attached hydrogen (secondary N) is 2. The summed E-state index contributed by atoms with van der Waals surface area (Å²) in [6.07, 6.45) is 1.42. The van der Waals surface area contributed by atoms with Crippen LogP contribution in [0, 0.1) is 0 Å². The van der Waals surface area contributed by atoms with E-state index in [0.717, 1.165) is 0 Å². The molecule has 1 aliphatic heterocycles. The molecule has 0 saturated heterocycles. The molecule has 2 amide bonds. The zero-order valence-electron chi connectivity index (χ0n) is 10.5. The number of furan rings is 1. The van der Waals surface area contributed by atoms with Crippen molar-refractivity contribution in [1.82, 2.24) is 5.32 Å². The van der Waals surface area contributed by atoms with Crippen molar-refractivity contribution >= 4 is 17.5 Å². The van der Waals surface area contributed by atoms with E-state index >= 15 is 0 Å². The highest BCUT2D eigenvalue weighted by molar-refractivity contribution is 6.04. The summed E-state index contributed by atoms with van der Waals surface area (Å²) in [5.41, 5.74) is 0.908. The molecule has 0 radical (unpaired) electrons. The lowest BCUT2D eigenvalue weighted by Gasteiger charge is -2.08. The van der Waals surface area contributed by atoms with Gasteiger partial charge in [-0.15, -0.1) is 0 Å². The lowest BCUT2D eigenvalue weighted by Crippen LogP contribution is -2.24. The van der Waals surface area contributed by atoms with Gasteiger partial charge < -0.3 is 19.8 Å². The topological polar surface area (TPSA) is 80.6 Å². The highest BCUT2D eigenvalue weighted by atomic mass is 16.5. The van der Waals surface area contributed by atoms with E-state index in [1.807, 2.05) is 0 Å². The molecule has 1 aromatic heterocycles. The molecule has 0 unspecified atom stereocenters. The fourth-order valence-corrected chi connectivity index (χ4v) is 1.93. The van der Waals surface area contributed by atoms with Crippen LogP contribution in [0.2, 0.25) is 0 Å². The quantitative estimate of drug-likeness (QED) is 0.871. The molecule has 2 N–H and O–H groups in total. The number of carbonyl (C=O) groups excluding carboxylic acids is 2. The number of anilines is 1. The van der Waals surface area contributed by atoms with Crippen LogP contribution in [-0.4, -0.2) is 25.0 Å². The summed E-state index contributed by atoms with van der Waals surface area (Å²) < 4.78 is 10.4. The van der Waals surface area contributed by atoms with Gasteiger partial charge in [-0.1, -0.05) is 0 Å². The van der Waals surface area contributed by atoms with Crippen molar-refractivity contribution in [2.45, 2.75) is 0 Å². The van der Waals surface area contributed by atoms with Gasteiger partial charge in [0.25, 0.3) is 11.8 Å². The molecular weight excluding hydrogens is 260 g/mol. The Balaban J connectivity index is 1.85. The molecule has 3 rings (SSSR count). The summed E-state index contributed by atoms with van der Waals surface area (Å²) >= 11 is 0. The average molecular weight is 272 g/mol. The van der Waals surface area contributed by atoms with Gasteiger partial charge in [0.2, 0.25) is 0 Å². The molecule has 20 heavy (non-hydrogen) atoms. The summed E-state index contributed by atoms with van der Waals surface area (Å²) in [5, 5.41) is 5.38. The lowest BCUT2D eigenvalue weighted by molar-refractivity contribution is 0.0955. The van der Waals surface area contributed by atoms with Crippen LogP contribution < -0.4 is 15.4 Å². The zero-order chi connectivity index (χ0) is 13.9. The van der Waals surface area contributed by atoms with Crippen LogP contribution in [0.25, 0.3) is 0 Å². The molecule has 1 aromatic carbocycles. The van der Waals surface area contributed by atoms with E-state index in [9.17, 15) is 9.59 Å². The van der Waals surface area contributed by atoms with E-state index in [0.29, 0.717) is 30.2 Å². The van der Waals surface area contributed by atoms with Gasteiger partial charge in [0.05, 0.1) is 18.4 Å². The van der Waals surface area contributed by atoms with Crippen LogP contribution in [0.5, 0.6) is 5.75 Å². The zero-order valence-corrected chi connectivity index (χ0v) is 10.5. The van der Waals surface area contributed by atoms with Crippen LogP contribution in [0.3, 0.4) is 0 Å². The van der Waals surface area contributed by atoms with E-state index in [1.165, 1.54) is 6.26 Å². The van der Waals surface area contributed by atoms with Crippen molar-refractivity contribution < 1.29 is 18.7 Å². The fraction of sp³-hybridized carbons (Fsp3) is 0.143. The maximum atomic E-state index is 11.9. The Hall–Kier alpha value is -2.76. The third kappa shape index (κ3) is 2.35. The van der Waals surface area contributed by atoms with Crippen molar-refractivity contribution in [2.24, 2.45) is 0 Å². The second kappa shape index (κ2) is 5.08. The molecule has 0 fully saturated rings. The number of hydrogen-bond donors (Lipinski definition) is 2. The summed E-state index contributed by atoms with van der Waals surface area (Å²) in [6.45, 7) is 0.887. The Labute approximate surface area is 114 Å². The number of benzene rings is 1. The first-order chi connectivity index (χ1) is 9.74. The highest BCUT2D eigenvalue weighted by Crippen LogP contribution is 2.24. The van der Waals surface area contributed by atoms with Gasteiger partial charge >= 0.3 is 0 Å². The van der Waals surface area contributed by atoms with E-state index < -0.39 is 0 Å². The van der Waals surface area contributed by atoms with Crippen molar-refractivity contribution in [1.29, 1.82) is 0 Å². The summed E-state index contributed by atoms with van der Waals surface area (Å²) in [5.74, 6) is 0.133. The van der Waals surface area contributed by atoms with Crippen LogP contribution in [0.1, 0.15) is 20.9 Å². The summed E-state index contributed by atoms with van der Waals surface area (Å²) in [6, 6.07) is 8.12. The van der Waals surface area contributed by atoms with Gasteiger partial charge in [0, 0.05) is 5.69 Å².